The number of benzene rings is 1. The van der Waals surface area contributed by atoms with E-state index in [1.165, 1.54) is 14.0 Å². The lowest BCUT2D eigenvalue weighted by atomic mass is 10.0. The number of hydrogen-bond acceptors (Lipinski definition) is 8. The van der Waals surface area contributed by atoms with Gasteiger partial charge in [-0.25, -0.2) is 14.8 Å². The highest BCUT2D eigenvalue weighted by molar-refractivity contribution is 5.93. The van der Waals surface area contributed by atoms with E-state index in [-0.39, 0.29) is 11.5 Å². The Morgan fingerprint density at radius 3 is 2.87 bits per heavy atom. The first-order valence-electron chi connectivity index (χ1n) is 10.0. The van der Waals surface area contributed by atoms with E-state index in [4.69, 9.17) is 14.2 Å². The quantitative estimate of drug-likeness (QED) is 0.528. The number of aromatic nitrogens is 2. The van der Waals surface area contributed by atoms with Crippen LogP contribution in [0.25, 0.3) is 5.57 Å². The van der Waals surface area contributed by atoms with Crippen molar-refractivity contribution in [2.24, 2.45) is 0 Å². The average Bonchev–Trinajstić information content (AvgIpc) is 3.60. The number of rotatable bonds is 7. The number of carbonyl (C=O) groups is 1. The Bertz CT molecular complexity index is 969. The van der Waals surface area contributed by atoms with Gasteiger partial charge in [0.2, 0.25) is 0 Å². The first-order chi connectivity index (χ1) is 14.6. The van der Waals surface area contributed by atoms with Crippen molar-refractivity contribution < 1.29 is 24.1 Å². The van der Waals surface area contributed by atoms with Gasteiger partial charge in [-0.05, 0) is 37.8 Å². The average molecular weight is 411 g/mol. The van der Waals surface area contributed by atoms with E-state index in [1.807, 2.05) is 12.1 Å². The van der Waals surface area contributed by atoms with Gasteiger partial charge in [0.25, 0.3) is 0 Å². The first-order valence-corrected chi connectivity index (χ1v) is 10.0. The van der Waals surface area contributed by atoms with Crippen LogP contribution in [0.1, 0.15) is 53.8 Å². The van der Waals surface area contributed by atoms with Crippen LogP contribution in [0.3, 0.4) is 0 Å². The van der Waals surface area contributed by atoms with E-state index >= 15 is 0 Å². The van der Waals surface area contributed by atoms with Crippen LogP contribution in [0.2, 0.25) is 0 Å². The fourth-order valence-electron chi connectivity index (χ4n) is 3.37. The second kappa shape index (κ2) is 8.81. The van der Waals surface area contributed by atoms with Crippen molar-refractivity contribution in [3.8, 4) is 5.75 Å². The van der Waals surface area contributed by atoms with Gasteiger partial charge >= 0.3 is 5.97 Å². The third kappa shape index (κ3) is 4.44. The summed E-state index contributed by atoms with van der Waals surface area (Å²) in [7, 11) is 1.32. The summed E-state index contributed by atoms with van der Waals surface area (Å²) < 4.78 is 16.2. The molecule has 1 atom stereocenters. The number of nitrogens with one attached hydrogen (secondary N) is 1. The third-order valence-electron chi connectivity index (χ3n) is 4.98. The van der Waals surface area contributed by atoms with Crippen molar-refractivity contribution in [2.75, 3.05) is 25.6 Å². The number of hydrogen-bond donors (Lipinski definition) is 2. The van der Waals surface area contributed by atoms with E-state index in [9.17, 15) is 9.90 Å². The van der Waals surface area contributed by atoms with Gasteiger partial charge in [-0.1, -0.05) is 18.2 Å². The molecule has 1 aliphatic carbocycles. The lowest BCUT2D eigenvalue weighted by Gasteiger charge is -2.21. The number of aliphatic hydroxyl groups excluding tert-OH is 1. The standard InChI is InChI=1S/C22H25N3O5/c1-13(26)30-20-16(15-5-4-10-29-12-15)6-3-7-17(20)25-21-19(22(27)28-2)24-18(11-23-21)14-8-9-14/h3,5-7,11,13-14,26H,4,8-10,12H2,1-2H3,(H,23,25)/t13-/m0/s1. The number of para-hydroxylation sites is 1. The van der Waals surface area contributed by atoms with Crippen LogP contribution in [0.4, 0.5) is 11.5 Å². The lowest BCUT2D eigenvalue weighted by Crippen LogP contribution is -2.15. The molecule has 1 saturated carbocycles. The molecule has 0 amide bonds. The monoisotopic (exact) mass is 411 g/mol. The van der Waals surface area contributed by atoms with Crippen LogP contribution in [-0.4, -0.2) is 47.7 Å². The molecule has 8 heteroatoms. The molecule has 1 aliphatic heterocycles. The maximum atomic E-state index is 12.3. The predicted octanol–water partition coefficient (Wildman–Crippen LogP) is 3.41. The molecule has 8 nitrogen and oxygen atoms in total. The molecule has 2 aromatic rings. The molecule has 2 heterocycles. The molecule has 2 aliphatic rings. The van der Waals surface area contributed by atoms with Crippen molar-refractivity contribution in [3.05, 3.63) is 47.4 Å². The fourth-order valence-corrected chi connectivity index (χ4v) is 3.37. The van der Waals surface area contributed by atoms with Gasteiger partial charge in [0.1, 0.15) is 0 Å². The van der Waals surface area contributed by atoms with E-state index < -0.39 is 12.3 Å². The highest BCUT2D eigenvalue weighted by atomic mass is 16.6. The Hall–Kier alpha value is -2.97. The maximum absolute atomic E-state index is 12.3. The number of ether oxygens (including phenoxy) is 3. The smallest absolute Gasteiger partial charge is 0.360 e. The SMILES string of the molecule is COC(=O)c1nc(C2CC2)cnc1Nc1cccc(C2=CCCOC2)c1O[C@@H](C)O. The molecule has 0 radical (unpaired) electrons. The summed E-state index contributed by atoms with van der Waals surface area (Å²) in [5.74, 6) is 0.511. The minimum atomic E-state index is -1.03. The normalized spacial score (nSPS) is 17.1. The summed E-state index contributed by atoms with van der Waals surface area (Å²) in [6, 6.07) is 5.57. The number of carbonyl (C=O) groups excluding carboxylic acids is 1. The summed E-state index contributed by atoms with van der Waals surface area (Å²) in [5.41, 5.74) is 3.25. The molecule has 1 aromatic carbocycles. The zero-order chi connectivity index (χ0) is 21.1. The van der Waals surface area contributed by atoms with Crippen molar-refractivity contribution in [1.82, 2.24) is 9.97 Å². The van der Waals surface area contributed by atoms with Crippen LogP contribution < -0.4 is 10.1 Å². The predicted molar refractivity (Wildman–Crippen MR) is 111 cm³/mol. The van der Waals surface area contributed by atoms with Gasteiger partial charge in [-0.15, -0.1) is 0 Å². The maximum Gasteiger partial charge on any atom is 0.360 e. The van der Waals surface area contributed by atoms with Crippen LogP contribution in [0.15, 0.2) is 30.5 Å². The summed E-state index contributed by atoms with van der Waals surface area (Å²) in [6.07, 6.45) is 5.66. The van der Waals surface area contributed by atoms with Crippen molar-refractivity contribution in [3.63, 3.8) is 0 Å². The minimum Gasteiger partial charge on any atom is -0.464 e. The molecular formula is C22H25N3O5. The molecule has 158 valence electrons. The van der Waals surface area contributed by atoms with Gasteiger partial charge < -0.3 is 24.6 Å². The van der Waals surface area contributed by atoms with Crippen molar-refractivity contribution in [2.45, 2.75) is 38.4 Å². The van der Waals surface area contributed by atoms with Crippen LogP contribution in [0, 0.1) is 0 Å². The highest BCUT2D eigenvalue weighted by Crippen LogP contribution is 2.40. The summed E-state index contributed by atoms with van der Waals surface area (Å²) in [5, 5.41) is 13.1. The zero-order valence-corrected chi connectivity index (χ0v) is 17.1. The number of aliphatic hydroxyl groups is 1. The second-order valence-corrected chi connectivity index (χ2v) is 7.35. The second-order valence-electron chi connectivity index (χ2n) is 7.35. The van der Waals surface area contributed by atoms with Gasteiger partial charge in [0.15, 0.2) is 23.6 Å². The van der Waals surface area contributed by atoms with E-state index in [2.05, 4.69) is 21.4 Å². The Balaban J connectivity index is 1.73. The molecule has 0 unspecified atom stereocenters. The minimum absolute atomic E-state index is 0.121. The van der Waals surface area contributed by atoms with E-state index in [1.54, 1.807) is 12.3 Å². The first kappa shape index (κ1) is 20.3. The van der Waals surface area contributed by atoms with Crippen LogP contribution >= 0.6 is 0 Å². The topological polar surface area (TPSA) is 103 Å². The third-order valence-corrected chi connectivity index (χ3v) is 4.98. The van der Waals surface area contributed by atoms with Gasteiger partial charge in [0.05, 0.1) is 37.9 Å². The number of esters is 1. The molecule has 0 spiro atoms. The highest BCUT2D eigenvalue weighted by Gasteiger charge is 2.28. The number of methoxy groups -OCH3 is 1. The molecular weight excluding hydrogens is 386 g/mol. The molecule has 1 fully saturated rings. The Labute approximate surface area is 174 Å². The molecule has 4 rings (SSSR count). The Morgan fingerprint density at radius 2 is 2.20 bits per heavy atom. The lowest BCUT2D eigenvalue weighted by molar-refractivity contribution is -0.0000610. The van der Waals surface area contributed by atoms with Gasteiger partial charge in [-0.3, -0.25) is 0 Å². The summed E-state index contributed by atoms with van der Waals surface area (Å²) >= 11 is 0. The van der Waals surface area contributed by atoms with Crippen LogP contribution in [-0.2, 0) is 9.47 Å². The van der Waals surface area contributed by atoms with Crippen molar-refractivity contribution in [1.29, 1.82) is 0 Å². The largest absolute Gasteiger partial charge is 0.464 e. The van der Waals surface area contributed by atoms with Gasteiger partial charge in [-0.2, -0.15) is 0 Å². The van der Waals surface area contributed by atoms with Crippen molar-refractivity contribution >= 4 is 23.0 Å². The molecule has 2 N–H and O–H groups in total. The molecule has 30 heavy (non-hydrogen) atoms. The summed E-state index contributed by atoms with van der Waals surface area (Å²) in [6.45, 7) is 2.68. The number of nitrogens with zero attached hydrogens (tertiary/aromatic N) is 2. The fraction of sp³-hybridized carbons (Fsp3) is 0.409. The summed E-state index contributed by atoms with van der Waals surface area (Å²) in [4.78, 5) is 21.3. The number of anilines is 2. The molecule has 0 bridgehead atoms. The van der Waals surface area contributed by atoms with E-state index in [0.29, 0.717) is 30.6 Å². The molecule has 1 aromatic heterocycles. The van der Waals surface area contributed by atoms with E-state index in [0.717, 1.165) is 36.1 Å². The van der Waals surface area contributed by atoms with Crippen LogP contribution in [0.5, 0.6) is 5.75 Å². The van der Waals surface area contributed by atoms with Gasteiger partial charge in [0, 0.05) is 11.5 Å². The Kier molecular flexibility index (Phi) is 5.96. The zero-order valence-electron chi connectivity index (χ0n) is 17.1. The Morgan fingerprint density at radius 1 is 1.37 bits per heavy atom. The molecule has 0 saturated heterocycles.